The summed E-state index contributed by atoms with van der Waals surface area (Å²) in [6.07, 6.45) is 11.9. The van der Waals surface area contributed by atoms with Crippen LogP contribution >= 0.6 is 0 Å². The summed E-state index contributed by atoms with van der Waals surface area (Å²) >= 11 is 0. The topological polar surface area (TPSA) is 47.9 Å². The highest BCUT2D eigenvalue weighted by atomic mass is 16.5. The Labute approximate surface area is 408 Å². The lowest BCUT2D eigenvalue weighted by molar-refractivity contribution is 0.303. The zero-order chi connectivity index (χ0) is 47.6. The highest BCUT2D eigenvalue weighted by Crippen LogP contribution is 2.48. The van der Waals surface area contributed by atoms with E-state index in [0.717, 1.165) is 78.3 Å². The van der Waals surface area contributed by atoms with E-state index in [2.05, 4.69) is 160 Å². The summed E-state index contributed by atoms with van der Waals surface area (Å²) in [5.41, 5.74) is 13.6. The van der Waals surface area contributed by atoms with Gasteiger partial charge in [-0.15, -0.1) is 0 Å². The van der Waals surface area contributed by atoms with Crippen LogP contribution in [0.4, 0.5) is 0 Å². The predicted octanol–water partition coefficient (Wildman–Crippen LogP) is 16.8. The minimum atomic E-state index is -0.695. The van der Waals surface area contributed by atoms with Crippen molar-refractivity contribution < 1.29 is 19.3 Å². The second-order valence-electron chi connectivity index (χ2n) is 18.2. The first-order chi connectivity index (χ1) is 33.8. The Morgan fingerprint density at radius 1 is 0.449 bits per heavy atom. The molecular weight excluding hydrogens is 845 g/mol. The van der Waals surface area contributed by atoms with E-state index < -0.39 is 5.41 Å². The fourth-order valence-corrected chi connectivity index (χ4v) is 9.63. The lowest BCUT2D eigenvalue weighted by atomic mass is 9.69. The smallest absolute Gasteiger partial charge is 0.127 e. The van der Waals surface area contributed by atoms with Crippen LogP contribution in [0, 0.1) is 0 Å². The molecule has 0 aromatic heterocycles. The molecule has 0 heterocycles. The predicted molar refractivity (Wildman–Crippen MR) is 286 cm³/mol. The number of rotatable bonds is 18. The van der Waals surface area contributed by atoms with Crippen LogP contribution < -0.4 is 14.2 Å². The zero-order valence-corrected chi connectivity index (χ0v) is 39.6. The molecule has 1 N–H and O–H groups in total. The molecule has 0 spiro atoms. The fourth-order valence-electron chi connectivity index (χ4n) is 9.63. The summed E-state index contributed by atoms with van der Waals surface area (Å²) < 4.78 is 20.1. The molecule has 1 saturated carbocycles. The second-order valence-corrected chi connectivity index (χ2v) is 18.2. The van der Waals surface area contributed by atoms with Crippen LogP contribution in [0.2, 0.25) is 0 Å². The minimum absolute atomic E-state index is 0.185. The Bertz CT molecular complexity index is 3030. The van der Waals surface area contributed by atoms with Crippen molar-refractivity contribution in [1.29, 1.82) is 0 Å². The van der Waals surface area contributed by atoms with Gasteiger partial charge in [0.15, 0.2) is 0 Å². The number of phenolic OH excluding ortho intramolecular Hbond substituents is 1. The number of aromatic hydroxyl groups is 1. The number of hydrogen-bond donors (Lipinski definition) is 1. The standard InChI is InChI=1S/C65H60O4/c1-5-46-21-27-49(28-22-46)43-67-62-20-14-12-18-58(62)60-42-56(38-40-64(60)69-45-51-31-25-48(7-3)26-32-51)65(4,54-35-33-53(34-36-54)52-15-9-8-10-16-52)55-37-39-63(59(41-55)57-17-11-13-19-61(57)66)68-44-50-29-23-47(6-2)24-30-50/h5-7,11-14,17-42,52,66H,1-3,8-10,15-16,43-45H2,4H3. The van der Waals surface area contributed by atoms with Crippen molar-refractivity contribution in [1.82, 2.24) is 0 Å². The van der Waals surface area contributed by atoms with Crippen molar-refractivity contribution >= 4 is 18.2 Å². The molecule has 1 atom stereocenters. The molecule has 0 amide bonds. The van der Waals surface area contributed by atoms with Gasteiger partial charge in [-0.3, -0.25) is 0 Å². The summed E-state index contributed by atoms with van der Waals surface area (Å²) in [4.78, 5) is 0. The van der Waals surface area contributed by atoms with Crippen LogP contribution in [0.3, 0.4) is 0 Å². The van der Waals surface area contributed by atoms with E-state index in [1.54, 1.807) is 6.07 Å². The Hall–Kier alpha value is -7.82. The van der Waals surface area contributed by atoms with Gasteiger partial charge in [0, 0.05) is 27.7 Å². The van der Waals surface area contributed by atoms with E-state index in [9.17, 15) is 5.11 Å². The SMILES string of the molecule is C=Cc1ccc(COc2ccc(C(C)(c3ccc(C4CCCCC4)cc3)c3ccc(OCc4ccc(C=C)cc4)c(-c4ccccc4OCc4ccc(C=C)cc4)c3)cc2-c2ccccc2O)cc1. The van der Waals surface area contributed by atoms with Gasteiger partial charge in [-0.25, -0.2) is 0 Å². The maximum atomic E-state index is 11.4. The molecule has 344 valence electrons. The van der Waals surface area contributed by atoms with Gasteiger partial charge in [-0.2, -0.15) is 0 Å². The van der Waals surface area contributed by atoms with Crippen LogP contribution in [0.15, 0.2) is 202 Å². The van der Waals surface area contributed by atoms with E-state index in [0.29, 0.717) is 37.1 Å². The normalized spacial score (nSPS) is 13.5. The van der Waals surface area contributed by atoms with E-state index in [-0.39, 0.29) is 5.75 Å². The maximum absolute atomic E-state index is 11.4. The molecule has 8 aromatic rings. The van der Waals surface area contributed by atoms with Gasteiger partial charge in [-0.05, 0) is 118 Å². The Balaban J connectivity index is 1.18. The molecule has 1 aliphatic rings. The number of benzene rings is 8. The quantitative estimate of drug-likeness (QED) is 0.0872. The Kier molecular flexibility index (Phi) is 14.4. The Morgan fingerprint density at radius 3 is 1.32 bits per heavy atom. The second kappa shape index (κ2) is 21.4. The summed E-state index contributed by atoms with van der Waals surface area (Å²) in [5.74, 6) is 2.93. The van der Waals surface area contributed by atoms with E-state index >= 15 is 0 Å². The van der Waals surface area contributed by atoms with E-state index in [4.69, 9.17) is 14.2 Å². The number of phenols is 1. The largest absolute Gasteiger partial charge is 0.507 e. The highest BCUT2D eigenvalue weighted by Gasteiger charge is 2.34. The molecule has 1 aliphatic carbocycles. The summed E-state index contributed by atoms with van der Waals surface area (Å²) in [5, 5.41) is 11.4. The van der Waals surface area contributed by atoms with Crippen LogP contribution in [0.25, 0.3) is 40.5 Å². The van der Waals surface area contributed by atoms with Crippen LogP contribution in [0.5, 0.6) is 23.0 Å². The third-order valence-corrected chi connectivity index (χ3v) is 13.9. The number of hydrogen-bond acceptors (Lipinski definition) is 4. The molecule has 9 rings (SSSR count). The van der Waals surface area contributed by atoms with Crippen molar-refractivity contribution in [3.05, 3.63) is 257 Å². The number of ether oxygens (including phenoxy) is 3. The molecule has 1 unspecified atom stereocenters. The minimum Gasteiger partial charge on any atom is -0.507 e. The molecular formula is C65H60O4. The average molecular weight is 905 g/mol. The highest BCUT2D eigenvalue weighted by molar-refractivity contribution is 5.79. The van der Waals surface area contributed by atoms with Crippen molar-refractivity contribution in [2.75, 3.05) is 0 Å². The van der Waals surface area contributed by atoms with E-state index in [1.807, 2.05) is 60.7 Å². The van der Waals surface area contributed by atoms with Gasteiger partial charge in [0.2, 0.25) is 0 Å². The maximum Gasteiger partial charge on any atom is 0.127 e. The van der Waals surface area contributed by atoms with Gasteiger partial charge in [0.1, 0.15) is 42.8 Å². The molecule has 4 heteroatoms. The van der Waals surface area contributed by atoms with Crippen molar-refractivity contribution in [2.45, 2.75) is 70.2 Å². The molecule has 0 saturated heterocycles. The van der Waals surface area contributed by atoms with Crippen molar-refractivity contribution in [3.63, 3.8) is 0 Å². The van der Waals surface area contributed by atoms with Gasteiger partial charge in [-0.1, -0.05) is 203 Å². The first-order valence-corrected chi connectivity index (χ1v) is 24.1. The molecule has 0 bridgehead atoms. The van der Waals surface area contributed by atoms with Gasteiger partial charge < -0.3 is 19.3 Å². The molecule has 1 fully saturated rings. The van der Waals surface area contributed by atoms with Gasteiger partial charge in [0.25, 0.3) is 0 Å². The van der Waals surface area contributed by atoms with Crippen molar-refractivity contribution in [2.24, 2.45) is 0 Å². The lowest BCUT2D eigenvalue weighted by Crippen LogP contribution is -2.26. The van der Waals surface area contributed by atoms with Crippen LogP contribution in [-0.4, -0.2) is 5.11 Å². The third-order valence-electron chi connectivity index (χ3n) is 13.9. The summed E-state index contributed by atoms with van der Waals surface area (Å²) in [7, 11) is 0. The van der Waals surface area contributed by atoms with E-state index in [1.165, 1.54) is 37.7 Å². The molecule has 8 aromatic carbocycles. The van der Waals surface area contributed by atoms with Crippen LogP contribution in [0.1, 0.15) is 101 Å². The van der Waals surface area contributed by atoms with Gasteiger partial charge in [0.05, 0.1) is 0 Å². The van der Waals surface area contributed by atoms with Crippen LogP contribution in [-0.2, 0) is 25.2 Å². The average Bonchev–Trinajstić information content (AvgIpc) is 3.42. The lowest BCUT2D eigenvalue weighted by Gasteiger charge is -2.34. The monoisotopic (exact) mass is 904 g/mol. The first kappa shape index (κ1) is 46.3. The molecule has 4 nitrogen and oxygen atoms in total. The van der Waals surface area contributed by atoms with Crippen molar-refractivity contribution in [3.8, 4) is 45.3 Å². The fraction of sp³-hybridized carbons (Fsp3) is 0.169. The molecule has 0 radical (unpaired) electrons. The summed E-state index contributed by atoms with van der Waals surface area (Å²) in [6, 6.07) is 62.9. The summed E-state index contributed by atoms with van der Waals surface area (Å²) in [6.45, 7) is 15.2. The Morgan fingerprint density at radius 2 is 0.855 bits per heavy atom. The van der Waals surface area contributed by atoms with Gasteiger partial charge >= 0.3 is 0 Å². The number of para-hydroxylation sites is 2. The third kappa shape index (κ3) is 10.5. The molecule has 0 aliphatic heterocycles. The zero-order valence-electron chi connectivity index (χ0n) is 39.6. The molecule has 69 heavy (non-hydrogen) atoms. The first-order valence-electron chi connectivity index (χ1n) is 24.1.